The lowest BCUT2D eigenvalue weighted by Gasteiger charge is -2.39. The second-order valence-electron chi connectivity index (χ2n) is 5.94. The van der Waals surface area contributed by atoms with Crippen LogP contribution in [0.1, 0.15) is 19.3 Å². The largest absolute Gasteiger partial charge is 0.493 e. The second-order valence-corrected chi connectivity index (χ2v) is 5.94. The van der Waals surface area contributed by atoms with Gasteiger partial charge in [0.2, 0.25) is 0 Å². The lowest BCUT2D eigenvalue weighted by Crippen LogP contribution is -2.50. The molecule has 1 aliphatic rings. The zero-order valence-electron chi connectivity index (χ0n) is 13.9. The summed E-state index contributed by atoms with van der Waals surface area (Å²) in [5.74, 6) is -0.0720. The molecule has 0 aromatic heterocycles. The Morgan fingerprint density at radius 2 is 2.08 bits per heavy atom. The highest BCUT2D eigenvalue weighted by atomic mass is 16.5. The van der Waals surface area contributed by atoms with Crippen LogP contribution in [0.25, 0.3) is 0 Å². The highest BCUT2D eigenvalue weighted by molar-refractivity contribution is 5.81. The Morgan fingerprint density at radius 3 is 2.71 bits per heavy atom. The van der Waals surface area contributed by atoms with E-state index in [1.807, 2.05) is 6.07 Å². The molecule has 1 amide bonds. The molecule has 6 nitrogen and oxygen atoms in total. The van der Waals surface area contributed by atoms with E-state index in [-0.39, 0.29) is 19.1 Å². The molecule has 130 valence electrons. The van der Waals surface area contributed by atoms with Crippen molar-refractivity contribution in [2.45, 2.75) is 19.3 Å². The van der Waals surface area contributed by atoms with Crippen molar-refractivity contribution in [3.8, 4) is 11.5 Å². The molecule has 0 saturated carbocycles. The lowest BCUT2D eigenvalue weighted by molar-refractivity contribution is -0.155. The number of rotatable bonds is 7. The van der Waals surface area contributed by atoms with Crippen molar-refractivity contribution in [1.29, 1.82) is 0 Å². The Kier molecular flexibility index (Phi) is 5.84. The van der Waals surface area contributed by atoms with Crippen molar-refractivity contribution < 1.29 is 24.2 Å². The average Bonchev–Trinajstić information content (AvgIpc) is 2.60. The number of carboxylic acids is 1. The zero-order chi connectivity index (χ0) is 17.6. The fraction of sp³-hybridized carbons (Fsp3) is 0.444. The van der Waals surface area contributed by atoms with Gasteiger partial charge in [0.15, 0.2) is 18.1 Å². The number of nitrogens with zero attached hydrogens (tertiary/aromatic N) is 1. The van der Waals surface area contributed by atoms with E-state index in [1.165, 1.54) is 7.11 Å². The quantitative estimate of drug-likeness (QED) is 0.775. The fourth-order valence-corrected chi connectivity index (χ4v) is 3.02. The van der Waals surface area contributed by atoms with Gasteiger partial charge in [0, 0.05) is 13.1 Å². The van der Waals surface area contributed by atoms with Crippen molar-refractivity contribution >= 4 is 11.9 Å². The number of piperidine rings is 1. The van der Waals surface area contributed by atoms with E-state index < -0.39 is 11.4 Å². The van der Waals surface area contributed by atoms with Crippen LogP contribution in [-0.2, 0) is 9.59 Å². The number of hydrogen-bond acceptors (Lipinski definition) is 4. The van der Waals surface area contributed by atoms with Gasteiger partial charge in [0.05, 0.1) is 12.5 Å². The number of allylic oxidation sites excluding steroid dienone is 1. The van der Waals surface area contributed by atoms with Gasteiger partial charge in [0.1, 0.15) is 0 Å². The number of para-hydroxylation sites is 2. The molecule has 1 unspecified atom stereocenters. The van der Waals surface area contributed by atoms with Crippen LogP contribution in [-0.4, -0.2) is 48.7 Å². The van der Waals surface area contributed by atoms with E-state index in [0.29, 0.717) is 37.3 Å². The van der Waals surface area contributed by atoms with Gasteiger partial charge in [0.25, 0.3) is 5.91 Å². The van der Waals surface area contributed by atoms with Crippen LogP contribution in [0.15, 0.2) is 36.9 Å². The number of carbonyl (C=O) groups is 2. The number of likely N-dealkylation sites (tertiary alicyclic amines) is 1. The number of methoxy groups -OCH3 is 1. The van der Waals surface area contributed by atoms with E-state index in [0.717, 1.165) is 0 Å². The van der Waals surface area contributed by atoms with Gasteiger partial charge in [-0.2, -0.15) is 0 Å². The van der Waals surface area contributed by atoms with Gasteiger partial charge in [-0.05, 0) is 31.4 Å². The summed E-state index contributed by atoms with van der Waals surface area (Å²) in [5, 5.41) is 9.56. The van der Waals surface area contributed by atoms with Gasteiger partial charge < -0.3 is 19.5 Å². The minimum Gasteiger partial charge on any atom is -0.493 e. The Bertz CT molecular complexity index is 615. The van der Waals surface area contributed by atoms with E-state index in [1.54, 1.807) is 29.2 Å². The summed E-state index contributed by atoms with van der Waals surface area (Å²) in [4.78, 5) is 25.7. The summed E-state index contributed by atoms with van der Waals surface area (Å²) in [7, 11) is 1.53. The third-order valence-corrected chi connectivity index (χ3v) is 4.34. The number of carbonyl (C=O) groups excluding carboxylic acids is 1. The first-order chi connectivity index (χ1) is 11.5. The predicted molar refractivity (Wildman–Crippen MR) is 89.2 cm³/mol. The molecule has 1 aromatic rings. The average molecular weight is 333 g/mol. The van der Waals surface area contributed by atoms with Gasteiger partial charge >= 0.3 is 5.97 Å². The summed E-state index contributed by atoms with van der Waals surface area (Å²) < 4.78 is 10.7. The molecule has 1 aliphatic heterocycles. The van der Waals surface area contributed by atoms with Gasteiger partial charge in [-0.1, -0.05) is 18.2 Å². The van der Waals surface area contributed by atoms with E-state index in [9.17, 15) is 14.7 Å². The Hall–Kier alpha value is -2.50. The van der Waals surface area contributed by atoms with Gasteiger partial charge in [-0.15, -0.1) is 6.58 Å². The standard InChI is InChI=1S/C18H23NO5/c1-3-9-18(17(21)22)10-6-11-19(13-18)16(20)12-24-15-8-5-4-7-14(15)23-2/h3-5,7-8H,1,6,9-13H2,2H3,(H,21,22). The molecular weight excluding hydrogens is 310 g/mol. The molecule has 24 heavy (non-hydrogen) atoms. The minimum absolute atomic E-state index is 0.149. The molecule has 1 fully saturated rings. The van der Waals surface area contributed by atoms with Crippen LogP contribution in [0.4, 0.5) is 0 Å². The third-order valence-electron chi connectivity index (χ3n) is 4.34. The van der Waals surface area contributed by atoms with E-state index in [2.05, 4.69) is 6.58 Å². The maximum Gasteiger partial charge on any atom is 0.311 e. The number of hydrogen-bond donors (Lipinski definition) is 1. The summed E-state index contributed by atoms with van der Waals surface area (Å²) in [6.07, 6.45) is 3.15. The predicted octanol–water partition coefficient (Wildman–Crippen LogP) is 2.34. The Balaban J connectivity index is 2.01. The molecule has 2 rings (SSSR count). The van der Waals surface area contributed by atoms with E-state index in [4.69, 9.17) is 9.47 Å². The molecule has 0 aliphatic carbocycles. The second kappa shape index (κ2) is 7.86. The summed E-state index contributed by atoms with van der Waals surface area (Å²) >= 11 is 0. The zero-order valence-corrected chi connectivity index (χ0v) is 13.9. The van der Waals surface area contributed by atoms with Crippen molar-refractivity contribution in [1.82, 2.24) is 4.90 Å². The van der Waals surface area contributed by atoms with Crippen molar-refractivity contribution in [2.75, 3.05) is 26.8 Å². The number of aliphatic carboxylic acids is 1. The number of benzene rings is 1. The first-order valence-corrected chi connectivity index (χ1v) is 7.90. The first kappa shape index (κ1) is 17.8. The molecule has 1 heterocycles. The highest BCUT2D eigenvalue weighted by Gasteiger charge is 2.42. The van der Waals surface area contributed by atoms with Crippen LogP contribution in [0.5, 0.6) is 11.5 Å². The number of ether oxygens (including phenoxy) is 2. The molecule has 1 N–H and O–H groups in total. The van der Waals surface area contributed by atoms with Crippen LogP contribution in [0.2, 0.25) is 0 Å². The molecule has 1 aromatic carbocycles. The Labute approximate surface area is 141 Å². The number of amides is 1. The molecule has 0 bridgehead atoms. The van der Waals surface area contributed by atoms with Crippen LogP contribution in [0.3, 0.4) is 0 Å². The monoisotopic (exact) mass is 333 g/mol. The fourth-order valence-electron chi connectivity index (χ4n) is 3.02. The highest BCUT2D eigenvalue weighted by Crippen LogP contribution is 2.34. The Morgan fingerprint density at radius 1 is 1.38 bits per heavy atom. The van der Waals surface area contributed by atoms with Gasteiger partial charge in [-0.25, -0.2) is 0 Å². The maximum absolute atomic E-state index is 12.4. The summed E-state index contributed by atoms with van der Waals surface area (Å²) in [6.45, 7) is 4.22. The molecule has 0 spiro atoms. The molecule has 1 atom stereocenters. The van der Waals surface area contributed by atoms with Crippen molar-refractivity contribution in [2.24, 2.45) is 5.41 Å². The van der Waals surface area contributed by atoms with E-state index >= 15 is 0 Å². The maximum atomic E-state index is 12.4. The minimum atomic E-state index is -0.944. The third kappa shape index (κ3) is 3.88. The van der Waals surface area contributed by atoms with Gasteiger partial charge in [-0.3, -0.25) is 9.59 Å². The topological polar surface area (TPSA) is 76.1 Å². The molecular formula is C18H23NO5. The number of carboxylic acid groups (broad SMARTS) is 1. The molecule has 0 radical (unpaired) electrons. The summed E-state index contributed by atoms with van der Waals surface area (Å²) in [6, 6.07) is 7.08. The van der Waals surface area contributed by atoms with Crippen LogP contribution < -0.4 is 9.47 Å². The van der Waals surface area contributed by atoms with Crippen molar-refractivity contribution in [3.63, 3.8) is 0 Å². The smallest absolute Gasteiger partial charge is 0.311 e. The SMILES string of the molecule is C=CCC1(C(=O)O)CCCN(C(=O)COc2ccccc2OC)C1. The normalized spacial score (nSPS) is 20.3. The first-order valence-electron chi connectivity index (χ1n) is 7.90. The molecule has 1 saturated heterocycles. The summed E-state index contributed by atoms with van der Waals surface area (Å²) in [5.41, 5.74) is -0.944. The van der Waals surface area contributed by atoms with Crippen LogP contribution in [0, 0.1) is 5.41 Å². The lowest BCUT2D eigenvalue weighted by atomic mass is 9.77. The van der Waals surface area contributed by atoms with Crippen molar-refractivity contribution in [3.05, 3.63) is 36.9 Å². The molecule has 6 heteroatoms. The van der Waals surface area contributed by atoms with Crippen LogP contribution >= 0.6 is 0 Å².